The number of hydrogen-bond donors (Lipinski definition) is 9. The highest BCUT2D eigenvalue weighted by atomic mass is 16.7. The van der Waals surface area contributed by atoms with Gasteiger partial charge in [-0.05, 0) is 36.4 Å². The second kappa shape index (κ2) is 12.3. The topological polar surface area (TPSA) is 262 Å². The first-order valence-corrected chi connectivity index (χ1v) is 12.2. The van der Waals surface area contributed by atoms with Crippen molar-refractivity contribution in [3.8, 4) is 51.7 Å². The zero-order valence-electron chi connectivity index (χ0n) is 22.0. The molecule has 0 saturated carbocycles. The molecule has 0 aliphatic carbocycles. The zero-order valence-corrected chi connectivity index (χ0v) is 22.0. The summed E-state index contributed by atoms with van der Waals surface area (Å²) in [6.45, 7) is -0.738. The van der Waals surface area contributed by atoms with Gasteiger partial charge in [0.25, 0.3) is 0 Å². The van der Waals surface area contributed by atoms with Crippen LogP contribution in [0.2, 0.25) is 0 Å². The Bertz CT molecular complexity index is 1470. The van der Waals surface area contributed by atoms with E-state index < -0.39 is 89.3 Å². The van der Waals surface area contributed by atoms with E-state index in [0.717, 1.165) is 24.3 Å². The maximum Gasteiger partial charge on any atom is 0.339 e. The van der Waals surface area contributed by atoms with Gasteiger partial charge in [-0.3, -0.25) is 0 Å². The van der Waals surface area contributed by atoms with Crippen molar-refractivity contribution in [1.29, 1.82) is 0 Å². The van der Waals surface area contributed by atoms with Gasteiger partial charge >= 0.3 is 11.9 Å². The minimum atomic E-state index is -1.95. The molecule has 3 aromatic rings. The van der Waals surface area contributed by atoms with Crippen LogP contribution in [0.15, 0.2) is 42.5 Å². The molecular weight excluding hydrogens is 580 g/mol. The fraction of sp³-hybridized carbons (Fsp3) is 0.259. The van der Waals surface area contributed by atoms with Crippen molar-refractivity contribution >= 4 is 11.9 Å². The quantitative estimate of drug-likeness (QED) is 0.125. The Hall–Kier alpha value is -5.32. The normalized spacial score (nSPS) is 21.5. The van der Waals surface area contributed by atoms with Crippen LogP contribution in [-0.2, 0) is 14.2 Å². The molecule has 1 fully saturated rings. The number of carbonyl (C=O) groups excluding carboxylic acids is 2. The number of hydrogen-bond acceptors (Lipinski definition) is 16. The van der Waals surface area contributed by atoms with Gasteiger partial charge in [0.2, 0.25) is 6.29 Å². The molecule has 1 aliphatic heterocycles. The van der Waals surface area contributed by atoms with Crippen LogP contribution in [0, 0.1) is 0 Å². The third kappa shape index (κ3) is 6.45. The van der Waals surface area contributed by atoms with E-state index in [2.05, 4.69) is 0 Å². The lowest BCUT2D eigenvalue weighted by Crippen LogP contribution is -2.61. The number of rotatable bonds is 8. The summed E-state index contributed by atoms with van der Waals surface area (Å²) in [5.41, 5.74) is -0.842. The van der Waals surface area contributed by atoms with Gasteiger partial charge in [0.05, 0.1) is 18.2 Å². The number of phenols is 7. The first-order chi connectivity index (χ1) is 20.3. The van der Waals surface area contributed by atoms with Crippen LogP contribution >= 0.6 is 0 Å². The summed E-state index contributed by atoms with van der Waals surface area (Å²) in [7, 11) is 1.26. The van der Waals surface area contributed by atoms with Crippen LogP contribution in [0.4, 0.5) is 0 Å². The molecule has 16 heteroatoms. The Morgan fingerprint density at radius 2 is 1.28 bits per heavy atom. The Balaban J connectivity index is 1.58. The Morgan fingerprint density at radius 3 is 1.81 bits per heavy atom. The molecule has 3 aromatic carbocycles. The van der Waals surface area contributed by atoms with Crippen molar-refractivity contribution in [2.24, 2.45) is 0 Å². The molecule has 0 aromatic heterocycles. The Kier molecular flexibility index (Phi) is 8.74. The van der Waals surface area contributed by atoms with E-state index in [9.17, 15) is 55.5 Å². The van der Waals surface area contributed by atoms with Gasteiger partial charge < -0.3 is 69.6 Å². The Morgan fingerprint density at radius 1 is 0.744 bits per heavy atom. The smallest absolute Gasteiger partial charge is 0.339 e. The van der Waals surface area contributed by atoms with Crippen molar-refractivity contribution < 1.29 is 79.2 Å². The first kappa shape index (κ1) is 30.6. The molecule has 5 atom stereocenters. The van der Waals surface area contributed by atoms with Gasteiger partial charge in [0.15, 0.2) is 52.1 Å². The summed E-state index contributed by atoms with van der Waals surface area (Å²) in [6.07, 6.45) is -8.85. The summed E-state index contributed by atoms with van der Waals surface area (Å²) in [5, 5.41) is 89.3. The lowest BCUT2D eigenvalue weighted by Gasteiger charge is -2.41. The number of phenolic OH excluding ortho intramolecular Hbond substituents is 7. The van der Waals surface area contributed by atoms with Crippen molar-refractivity contribution in [3.05, 3.63) is 53.6 Å². The SMILES string of the molecule is COc1cc(OC2OC(COC(=O)c3cc(O)c(O)c(O)c3)C(O)C(O)C2OC(=O)c2cc(O)c(O)c(O)c2)ccc1O. The number of aliphatic hydroxyl groups is 2. The number of ether oxygens (including phenoxy) is 5. The maximum absolute atomic E-state index is 12.8. The predicted molar refractivity (Wildman–Crippen MR) is 138 cm³/mol. The van der Waals surface area contributed by atoms with E-state index in [1.165, 1.54) is 25.3 Å². The molecule has 0 radical (unpaired) electrons. The average Bonchev–Trinajstić information content (AvgIpc) is 2.97. The van der Waals surface area contributed by atoms with Gasteiger partial charge in [0, 0.05) is 6.07 Å². The second-order valence-corrected chi connectivity index (χ2v) is 9.17. The average molecular weight is 606 g/mol. The number of benzene rings is 3. The monoisotopic (exact) mass is 606 g/mol. The highest BCUT2D eigenvalue weighted by Crippen LogP contribution is 2.38. The molecule has 1 saturated heterocycles. The van der Waals surface area contributed by atoms with Crippen molar-refractivity contribution in [2.45, 2.75) is 30.7 Å². The van der Waals surface area contributed by atoms with Gasteiger partial charge in [-0.25, -0.2) is 9.59 Å². The van der Waals surface area contributed by atoms with E-state index in [0.29, 0.717) is 0 Å². The number of aromatic hydroxyl groups is 7. The maximum atomic E-state index is 12.8. The van der Waals surface area contributed by atoms with E-state index >= 15 is 0 Å². The van der Waals surface area contributed by atoms with Crippen LogP contribution in [-0.4, -0.2) is 102 Å². The van der Waals surface area contributed by atoms with Crippen LogP contribution in [0.3, 0.4) is 0 Å². The Labute approximate surface area is 241 Å². The standard InChI is InChI=1S/C27H26O16/c1-39-18-8-12(2-3-13(18)28)41-27-24(43-26(38)11-6-16(31)21(34)17(32)7-11)23(36)22(35)19(42-27)9-40-25(37)10-4-14(29)20(33)15(30)5-10/h2-8,19,22-24,27-36H,9H2,1H3. The molecule has 16 nitrogen and oxygen atoms in total. The zero-order chi connectivity index (χ0) is 31.6. The fourth-order valence-corrected chi connectivity index (χ4v) is 4.01. The molecule has 0 amide bonds. The minimum absolute atomic E-state index is 0.0247. The summed E-state index contributed by atoms with van der Waals surface area (Å²) in [4.78, 5) is 25.3. The molecule has 43 heavy (non-hydrogen) atoms. The lowest BCUT2D eigenvalue weighted by molar-refractivity contribution is -0.276. The molecule has 4 rings (SSSR count). The molecule has 230 valence electrons. The molecule has 5 unspecified atom stereocenters. The van der Waals surface area contributed by atoms with Gasteiger partial charge in [-0.2, -0.15) is 0 Å². The van der Waals surface area contributed by atoms with Gasteiger partial charge in [-0.1, -0.05) is 0 Å². The summed E-state index contributed by atoms with van der Waals surface area (Å²) < 4.78 is 26.8. The summed E-state index contributed by atoms with van der Waals surface area (Å²) in [5.74, 6) is -7.78. The molecular formula is C27H26O16. The van der Waals surface area contributed by atoms with E-state index in [1.54, 1.807) is 0 Å². The molecule has 1 heterocycles. The van der Waals surface area contributed by atoms with E-state index in [-0.39, 0.29) is 22.8 Å². The summed E-state index contributed by atoms with van der Waals surface area (Å²) in [6, 6.07) is 6.85. The molecule has 1 aliphatic rings. The van der Waals surface area contributed by atoms with Crippen molar-refractivity contribution in [2.75, 3.05) is 13.7 Å². The van der Waals surface area contributed by atoms with Crippen LogP contribution in [0.25, 0.3) is 0 Å². The molecule has 0 bridgehead atoms. The van der Waals surface area contributed by atoms with Crippen molar-refractivity contribution in [1.82, 2.24) is 0 Å². The highest BCUT2D eigenvalue weighted by molar-refractivity contribution is 5.91. The van der Waals surface area contributed by atoms with E-state index in [4.69, 9.17) is 23.7 Å². The number of aliphatic hydroxyl groups excluding tert-OH is 2. The molecule has 9 N–H and O–H groups in total. The predicted octanol–water partition coefficient (Wildman–Crippen LogP) is 0.542. The first-order valence-electron chi connectivity index (χ1n) is 12.2. The highest BCUT2D eigenvalue weighted by Gasteiger charge is 2.49. The summed E-state index contributed by atoms with van der Waals surface area (Å²) >= 11 is 0. The van der Waals surface area contributed by atoms with E-state index in [1.807, 2.05) is 0 Å². The minimum Gasteiger partial charge on any atom is -0.504 e. The second-order valence-electron chi connectivity index (χ2n) is 9.17. The fourth-order valence-electron chi connectivity index (χ4n) is 4.01. The lowest BCUT2D eigenvalue weighted by atomic mass is 9.99. The third-order valence-electron chi connectivity index (χ3n) is 6.28. The van der Waals surface area contributed by atoms with Crippen LogP contribution in [0.1, 0.15) is 20.7 Å². The van der Waals surface area contributed by atoms with Crippen molar-refractivity contribution in [3.63, 3.8) is 0 Å². The number of carbonyl (C=O) groups is 2. The van der Waals surface area contributed by atoms with Gasteiger partial charge in [0.1, 0.15) is 30.7 Å². The third-order valence-corrected chi connectivity index (χ3v) is 6.28. The number of esters is 2. The molecule has 0 spiro atoms. The van der Waals surface area contributed by atoms with Gasteiger partial charge in [-0.15, -0.1) is 0 Å². The number of methoxy groups -OCH3 is 1. The van der Waals surface area contributed by atoms with Crippen LogP contribution in [0.5, 0.6) is 51.7 Å². The largest absolute Gasteiger partial charge is 0.504 e. The van der Waals surface area contributed by atoms with Crippen LogP contribution < -0.4 is 9.47 Å².